The van der Waals surface area contributed by atoms with Gasteiger partial charge in [-0.05, 0) is 64.2 Å². The molecule has 9 heteroatoms. The molecular weight excluding hydrogens is 972 g/mol. The van der Waals surface area contributed by atoms with Crippen molar-refractivity contribution >= 4 is 13.7 Å². The third kappa shape index (κ3) is 61.4. The Morgan fingerprint density at radius 2 is 0.792 bits per heavy atom. The predicted octanol–water partition coefficient (Wildman–Crippen LogP) is 20.0. The van der Waals surface area contributed by atoms with Crippen molar-refractivity contribution in [3.8, 4) is 0 Å². The molecule has 0 saturated carbocycles. The van der Waals surface area contributed by atoms with Crippen LogP contribution in [0.15, 0.2) is 72.9 Å². The maximum absolute atomic E-state index is 13.0. The van der Waals surface area contributed by atoms with Gasteiger partial charge in [0.1, 0.15) is 13.2 Å². The van der Waals surface area contributed by atoms with E-state index in [2.05, 4.69) is 79.9 Å². The van der Waals surface area contributed by atoms with E-state index >= 15 is 0 Å². The zero-order chi connectivity index (χ0) is 56.3. The quantitative estimate of drug-likeness (QED) is 0.0272. The summed E-state index contributed by atoms with van der Waals surface area (Å²) in [5, 5.41) is 13.9. The van der Waals surface area contributed by atoms with Crippen molar-refractivity contribution in [3.05, 3.63) is 72.9 Å². The Labute approximate surface area is 478 Å². The number of carbonyl (C=O) groups is 1. The lowest BCUT2D eigenvalue weighted by Crippen LogP contribution is -2.45. The highest BCUT2D eigenvalue weighted by Gasteiger charge is 2.23. The molecule has 2 N–H and O–H groups in total. The zero-order valence-electron chi connectivity index (χ0n) is 51.4. The summed E-state index contributed by atoms with van der Waals surface area (Å²) in [6.45, 7) is 4.57. The number of unbranched alkanes of at least 4 members (excludes halogenated alkanes) is 37. The smallest absolute Gasteiger partial charge is 0.268 e. The second-order valence-corrected chi connectivity index (χ2v) is 24.9. The molecule has 8 nitrogen and oxygen atoms in total. The number of quaternary nitrogens is 1. The molecule has 0 radical (unpaired) electrons. The van der Waals surface area contributed by atoms with Crippen LogP contribution in [0.4, 0.5) is 0 Å². The van der Waals surface area contributed by atoms with Crippen LogP contribution in [0, 0.1) is 0 Å². The molecular formula is C68H127N2O6P. The highest BCUT2D eigenvalue weighted by Crippen LogP contribution is 2.38. The first-order valence-electron chi connectivity index (χ1n) is 32.8. The highest BCUT2D eigenvalue weighted by atomic mass is 31.2. The lowest BCUT2D eigenvalue weighted by molar-refractivity contribution is -0.870. The number of phosphoric ester groups is 1. The van der Waals surface area contributed by atoms with E-state index in [-0.39, 0.29) is 19.1 Å². The van der Waals surface area contributed by atoms with Gasteiger partial charge in [0.15, 0.2) is 0 Å². The van der Waals surface area contributed by atoms with Crippen LogP contribution in [0.25, 0.3) is 0 Å². The average molecular weight is 1100 g/mol. The molecule has 0 aliphatic carbocycles. The van der Waals surface area contributed by atoms with E-state index in [4.69, 9.17) is 9.05 Å². The molecule has 0 aromatic rings. The normalized spacial score (nSPS) is 14.2. The minimum Gasteiger partial charge on any atom is -0.756 e. The van der Waals surface area contributed by atoms with Crippen molar-refractivity contribution in [1.82, 2.24) is 5.32 Å². The molecule has 0 aromatic carbocycles. The Kier molecular flexibility index (Phi) is 57.0. The van der Waals surface area contributed by atoms with Gasteiger partial charge in [-0.2, -0.15) is 0 Å². The van der Waals surface area contributed by atoms with Crippen LogP contribution in [-0.2, 0) is 18.4 Å². The number of nitrogens with one attached hydrogen (secondary N) is 1. The van der Waals surface area contributed by atoms with Gasteiger partial charge in [0.05, 0.1) is 39.9 Å². The van der Waals surface area contributed by atoms with E-state index < -0.39 is 20.0 Å². The molecule has 0 rings (SSSR count). The third-order valence-electron chi connectivity index (χ3n) is 14.7. The van der Waals surface area contributed by atoms with Crippen LogP contribution in [0.3, 0.4) is 0 Å². The van der Waals surface area contributed by atoms with Gasteiger partial charge in [0.25, 0.3) is 7.82 Å². The number of rotatable bonds is 60. The van der Waals surface area contributed by atoms with Crippen molar-refractivity contribution in [2.24, 2.45) is 0 Å². The highest BCUT2D eigenvalue weighted by molar-refractivity contribution is 7.45. The second kappa shape index (κ2) is 58.6. The van der Waals surface area contributed by atoms with Crippen LogP contribution < -0.4 is 10.2 Å². The Hall–Kier alpha value is -2.06. The van der Waals surface area contributed by atoms with Gasteiger partial charge < -0.3 is 28.8 Å². The number of nitrogens with zero attached hydrogens (tertiary/aromatic N) is 1. The van der Waals surface area contributed by atoms with Crippen LogP contribution in [-0.4, -0.2) is 68.5 Å². The average Bonchev–Trinajstić information content (AvgIpc) is 3.39. The molecule has 0 bridgehead atoms. The predicted molar refractivity (Wildman–Crippen MR) is 334 cm³/mol. The van der Waals surface area contributed by atoms with Gasteiger partial charge in [-0.3, -0.25) is 9.36 Å². The first-order valence-corrected chi connectivity index (χ1v) is 34.3. The number of phosphoric acid groups is 1. The molecule has 77 heavy (non-hydrogen) atoms. The van der Waals surface area contributed by atoms with Crippen LogP contribution in [0.5, 0.6) is 0 Å². The molecule has 0 aromatic heterocycles. The standard InChI is InChI=1S/C68H127N2O6P/c1-6-8-10-12-14-16-18-20-22-24-26-28-29-30-31-32-33-34-35-36-37-38-39-40-41-42-44-46-48-50-52-54-56-58-60-62-68(72)69-66(65-76-77(73,74)75-64-63-70(3,4)5)67(71)61-59-57-55-53-51-49-47-45-43-27-25-23-21-19-17-15-13-11-9-7-2/h8,10,14,16,20,22,26,28,30-31,59,61,66-67,71H,6-7,9,11-13,15,17-19,21,23-25,27,29,32-58,60,62-65H2,1-5H3,(H-,69,72,73,74)/b10-8-,16-14-,22-20-,28-26-,31-30-,61-59+. The Morgan fingerprint density at radius 3 is 1.16 bits per heavy atom. The van der Waals surface area contributed by atoms with E-state index in [9.17, 15) is 19.4 Å². The van der Waals surface area contributed by atoms with Gasteiger partial charge in [0, 0.05) is 6.42 Å². The fourth-order valence-corrected chi connectivity index (χ4v) is 10.3. The zero-order valence-corrected chi connectivity index (χ0v) is 52.3. The number of likely N-dealkylation sites (N-methyl/N-ethyl adjacent to an activating group) is 1. The van der Waals surface area contributed by atoms with E-state index in [1.165, 1.54) is 212 Å². The summed E-state index contributed by atoms with van der Waals surface area (Å²) in [6.07, 6.45) is 81.4. The van der Waals surface area contributed by atoms with Crippen molar-refractivity contribution in [3.63, 3.8) is 0 Å². The van der Waals surface area contributed by atoms with E-state index in [1.807, 2.05) is 27.2 Å². The number of aliphatic hydroxyl groups is 1. The van der Waals surface area contributed by atoms with Crippen molar-refractivity contribution in [1.29, 1.82) is 0 Å². The summed E-state index contributed by atoms with van der Waals surface area (Å²) in [6, 6.07) is -0.888. The lowest BCUT2D eigenvalue weighted by atomic mass is 10.0. The van der Waals surface area contributed by atoms with Crippen molar-refractivity contribution in [2.75, 3.05) is 40.9 Å². The first kappa shape index (κ1) is 74.9. The minimum absolute atomic E-state index is 0.00103. The van der Waals surface area contributed by atoms with Gasteiger partial charge in [-0.1, -0.05) is 305 Å². The summed E-state index contributed by atoms with van der Waals surface area (Å²) in [5.74, 6) is -0.194. The Bertz CT molecular complexity index is 1480. The van der Waals surface area contributed by atoms with Crippen LogP contribution in [0.1, 0.15) is 303 Å². The van der Waals surface area contributed by atoms with E-state index in [0.717, 1.165) is 70.6 Å². The van der Waals surface area contributed by atoms with Crippen molar-refractivity contribution in [2.45, 2.75) is 315 Å². The van der Waals surface area contributed by atoms with Crippen LogP contribution >= 0.6 is 7.82 Å². The van der Waals surface area contributed by atoms with Crippen LogP contribution in [0.2, 0.25) is 0 Å². The molecule has 0 aliphatic heterocycles. The summed E-state index contributed by atoms with van der Waals surface area (Å²) >= 11 is 0. The molecule has 0 heterocycles. The van der Waals surface area contributed by atoms with Gasteiger partial charge in [0.2, 0.25) is 5.91 Å². The molecule has 0 saturated heterocycles. The maximum Gasteiger partial charge on any atom is 0.268 e. The SMILES string of the molecule is CC/C=C\C/C=C\C/C=C\C/C=C\C/C=C\CCCCCCCCCCCCCCCCCCCCCC(=O)NC(COP(=O)([O-])OCC[N+](C)(C)C)C(O)/C=C/CCCCCCCCCCCCCCCCCCCC. The Balaban J connectivity index is 4.04. The molecule has 0 fully saturated rings. The fraction of sp³-hybridized carbons (Fsp3) is 0.809. The minimum atomic E-state index is -4.60. The first-order chi connectivity index (χ1) is 37.5. The maximum atomic E-state index is 13.0. The van der Waals surface area contributed by atoms with E-state index in [1.54, 1.807) is 6.08 Å². The van der Waals surface area contributed by atoms with E-state index in [0.29, 0.717) is 17.4 Å². The fourth-order valence-electron chi connectivity index (χ4n) is 9.60. The van der Waals surface area contributed by atoms with Gasteiger partial charge in [-0.15, -0.1) is 0 Å². The number of allylic oxidation sites excluding steroid dienone is 11. The number of aliphatic hydroxyl groups excluding tert-OH is 1. The lowest BCUT2D eigenvalue weighted by Gasteiger charge is -2.29. The Morgan fingerprint density at radius 1 is 0.468 bits per heavy atom. The van der Waals surface area contributed by atoms with Gasteiger partial charge in [-0.25, -0.2) is 0 Å². The molecule has 1 amide bonds. The summed E-state index contributed by atoms with van der Waals surface area (Å²) in [7, 11) is 1.27. The topological polar surface area (TPSA) is 108 Å². The van der Waals surface area contributed by atoms with Gasteiger partial charge >= 0.3 is 0 Å². The number of carbonyl (C=O) groups excluding carboxylic acids is 1. The number of hydrogen-bond donors (Lipinski definition) is 2. The summed E-state index contributed by atoms with van der Waals surface area (Å²) in [5.41, 5.74) is 0. The summed E-state index contributed by atoms with van der Waals surface area (Å²) in [4.78, 5) is 25.6. The monoisotopic (exact) mass is 1100 g/mol. The summed E-state index contributed by atoms with van der Waals surface area (Å²) < 4.78 is 23.4. The number of amides is 1. The molecule has 450 valence electrons. The molecule has 0 spiro atoms. The third-order valence-corrected chi connectivity index (χ3v) is 15.6. The second-order valence-electron chi connectivity index (χ2n) is 23.4. The largest absolute Gasteiger partial charge is 0.756 e. The number of hydrogen-bond acceptors (Lipinski definition) is 6. The molecule has 3 unspecified atom stereocenters. The molecule has 0 aliphatic rings. The van der Waals surface area contributed by atoms with Crippen molar-refractivity contribution < 1.29 is 32.9 Å². The molecule has 3 atom stereocenters.